The number of piperidine rings is 1. The lowest BCUT2D eigenvalue weighted by molar-refractivity contribution is 0.0598. The summed E-state index contributed by atoms with van der Waals surface area (Å²) in [6.07, 6.45) is 3.07. The van der Waals surface area contributed by atoms with Crippen LogP contribution in [0, 0.1) is 11.8 Å². The Hall–Kier alpha value is -3.53. The smallest absolute Gasteiger partial charge is 0.404 e. The summed E-state index contributed by atoms with van der Waals surface area (Å²) >= 11 is 3.76. The van der Waals surface area contributed by atoms with E-state index in [1.165, 1.54) is 18.4 Å². The molecule has 10 heteroatoms. The summed E-state index contributed by atoms with van der Waals surface area (Å²) in [6, 6.07) is 11.9. The van der Waals surface area contributed by atoms with Gasteiger partial charge in [0.1, 0.15) is 17.4 Å². The third kappa shape index (κ3) is 3.91. The van der Waals surface area contributed by atoms with E-state index in [4.69, 9.17) is 20.2 Å². The van der Waals surface area contributed by atoms with Crippen LogP contribution >= 0.6 is 15.9 Å². The number of ether oxygens (including phenoxy) is 2. The summed E-state index contributed by atoms with van der Waals surface area (Å²) in [5.74, 6) is 2.10. The molecule has 0 radical (unpaired) electrons. The van der Waals surface area contributed by atoms with Crippen LogP contribution in [0.4, 0.5) is 4.79 Å². The summed E-state index contributed by atoms with van der Waals surface area (Å²) < 4.78 is 16.7. The first-order valence-corrected chi connectivity index (χ1v) is 14.2. The number of aryl methyl sites for hydroxylation is 1. The average molecular weight is 592 g/mol. The van der Waals surface area contributed by atoms with Gasteiger partial charge in [0, 0.05) is 41.5 Å². The van der Waals surface area contributed by atoms with Crippen LogP contribution in [0.15, 0.2) is 40.9 Å². The third-order valence-corrected chi connectivity index (χ3v) is 9.30. The van der Waals surface area contributed by atoms with Gasteiger partial charge < -0.3 is 29.2 Å². The Balaban J connectivity index is 1.31. The maximum Gasteiger partial charge on any atom is 0.404 e. The molecule has 2 amide bonds. The van der Waals surface area contributed by atoms with E-state index >= 15 is 0 Å². The molecule has 3 atom stereocenters. The number of rotatable bonds is 6. The van der Waals surface area contributed by atoms with E-state index in [0.29, 0.717) is 29.3 Å². The van der Waals surface area contributed by atoms with Crippen LogP contribution in [0.5, 0.6) is 5.75 Å². The highest BCUT2D eigenvalue weighted by Gasteiger charge is 2.51. The number of nitrogens with two attached hydrogens (primary N) is 1. The van der Waals surface area contributed by atoms with Crippen LogP contribution in [0.1, 0.15) is 36.0 Å². The molecule has 2 aliphatic carbocycles. The summed E-state index contributed by atoms with van der Waals surface area (Å²) in [7, 11) is 3.61. The molecule has 0 spiro atoms. The average Bonchev–Trinajstić information content (AvgIpc) is 3.24. The van der Waals surface area contributed by atoms with Crippen molar-refractivity contribution in [3.8, 4) is 17.3 Å². The van der Waals surface area contributed by atoms with Gasteiger partial charge in [-0.3, -0.25) is 4.79 Å². The van der Waals surface area contributed by atoms with E-state index in [-0.39, 0.29) is 24.0 Å². The monoisotopic (exact) mass is 591 g/mol. The fraction of sp³-hybridized carbons (Fsp3) is 0.414. The van der Waals surface area contributed by atoms with E-state index in [2.05, 4.69) is 49.3 Å². The van der Waals surface area contributed by atoms with Crippen molar-refractivity contribution in [1.82, 2.24) is 19.0 Å². The molecule has 4 aromatic rings. The van der Waals surface area contributed by atoms with Crippen molar-refractivity contribution in [3.63, 3.8) is 0 Å². The standard InChI is InChI=1S/C29H30BrN5O4/c1-33-25-20(32-27(33)22-11-16-4-3-5-19(30)24(16)34(22)13-15-6-7-15)10-18(12-23(25)38-2)28(36)35-14-17-8-9-21(35)26(17)39-29(31)37/h3-5,10-12,15,17,21,26H,6-9,13-14H2,1-2H3,(H2,31,37)/t17-,21-,26-/m1/s1. The molecule has 202 valence electrons. The summed E-state index contributed by atoms with van der Waals surface area (Å²) in [5, 5.41) is 1.16. The molecule has 2 N–H and O–H groups in total. The molecule has 2 saturated carbocycles. The van der Waals surface area contributed by atoms with Crippen LogP contribution in [-0.2, 0) is 18.3 Å². The number of halogens is 1. The van der Waals surface area contributed by atoms with E-state index in [0.717, 1.165) is 46.3 Å². The molecular formula is C29H30BrN5O4. The minimum atomic E-state index is -0.790. The van der Waals surface area contributed by atoms with Crippen LogP contribution in [0.3, 0.4) is 0 Å². The number of primary amides is 1. The van der Waals surface area contributed by atoms with Crippen molar-refractivity contribution in [1.29, 1.82) is 0 Å². The predicted octanol–water partition coefficient (Wildman–Crippen LogP) is 5.07. The number of hydrogen-bond donors (Lipinski definition) is 1. The molecule has 2 bridgehead atoms. The van der Waals surface area contributed by atoms with Crippen molar-refractivity contribution in [2.45, 2.75) is 44.4 Å². The van der Waals surface area contributed by atoms with Gasteiger partial charge in [0.25, 0.3) is 5.91 Å². The Labute approximate surface area is 234 Å². The van der Waals surface area contributed by atoms with Crippen LogP contribution in [-0.4, -0.2) is 56.8 Å². The molecule has 2 aromatic heterocycles. The molecule has 39 heavy (non-hydrogen) atoms. The normalized spacial score (nSPS) is 22.2. The number of hydrogen-bond acceptors (Lipinski definition) is 5. The van der Waals surface area contributed by atoms with E-state index in [1.54, 1.807) is 13.2 Å². The second-order valence-corrected chi connectivity index (χ2v) is 11.9. The maximum atomic E-state index is 13.7. The van der Waals surface area contributed by atoms with Crippen molar-refractivity contribution < 1.29 is 19.1 Å². The number of benzene rings is 2. The molecular weight excluding hydrogens is 562 g/mol. The zero-order valence-corrected chi connectivity index (χ0v) is 23.5. The number of methoxy groups -OCH3 is 1. The number of aromatic nitrogens is 3. The first-order chi connectivity index (χ1) is 18.8. The molecule has 1 aliphatic heterocycles. The third-order valence-electron chi connectivity index (χ3n) is 8.66. The minimum absolute atomic E-state index is 0.112. The highest BCUT2D eigenvalue weighted by atomic mass is 79.9. The first kappa shape index (κ1) is 24.5. The Morgan fingerprint density at radius 3 is 2.69 bits per heavy atom. The Bertz CT molecular complexity index is 1650. The quantitative estimate of drug-likeness (QED) is 0.337. The van der Waals surface area contributed by atoms with Gasteiger partial charge in [-0.2, -0.15) is 0 Å². The molecule has 3 fully saturated rings. The number of amides is 2. The van der Waals surface area contributed by atoms with Crippen LogP contribution < -0.4 is 10.5 Å². The largest absolute Gasteiger partial charge is 0.494 e. The number of imidazole rings is 1. The molecule has 2 aromatic carbocycles. The van der Waals surface area contributed by atoms with Gasteiger partial charge >= 0.3 is 6.09 Å². The molecule has 9 nitrogen and oxygen atoms in total. The van der Waals surface area contributed by atoms with Crippen LogP contribution in [0.2, 0.25) is 0 Å². The lowest BCUT2D eigenvalue weighted by Crippen LogP contribution is -2.40. The number of carbonyl (C=O) groups is 2. The summed E-state index contributed by atoms with van der Waals surface area (Å²) in [6.45, 7) is 1.49. The maximum absolute atomic E-state index is 13.7. The van der Waals surface area contributed by atoms with Gasteiger partial charge in [-0.25, -0.2) is 9.78 Å². The molecule has 0 unspecified atom stereocenters. The number of nitrogens with zero attached hydrogens (tertiary/aromatic N) is 4. The molecule has 3 aliphatic rings. The number of fused-ring (bicyclic) bond motifs is 4. The van der Waals surface area contributed by atoms with Gasteiger partial charge in [0.05, 0.1) is 29.9 Å². The van der Waals surface area contributed by atoms with Crippen molar-refractivity contribution >= 4 is 49.9 Å². The van der Waals surface area contributed by atoms with Gasteiger partial charge in [0.15, 0.2) is 5.82 Å². The van der Waals surface area contributed by atoms with Gasteiger partial charge in [-0.15, -0.1) is 0 Å². The molecule has 7 rings (SSSR count). The first-order valence-electron chi connectivity index (χ1n) is 13.4. The Morgan fingerprint density at radius 1 is 1.13 bits per heavy atom. The SMILES string of the molecule is COc1cc(C(=O)N2C[C@H]3CC[C@@H]2[C@@H]3OC(N)=O)cc2nc(-c3cc4cccc(Br)c4n3CC3CC3)n(C)c12. The zero-order chi connectivity index (χ0) is 27.0. The van der Waals surface area contributed by atoms with Gasteiger partial charge in [-0.1, -0.05) is 12.1 Å². The second-order valence-electron chi connectivity index (χ2n) is 11.1. The van der Waals surface area contributed by atoms with E-state index in [1.807, 2.05) is 18.0 Å². The van der Waals surface area contributed by atoms with E-state index < -0.39 is 6.09 Å². The lowest BCUT2D eigenvalue weighted by Gasteiger charge is -2.27. The highest BCUT2D eigenvalue weighted by Crippen LogP contribution is 2.42. The lowest BCUT2D eigenvalue weighted by atomic mass is 10.1. The molecule has 3 heterocycles. The van der Waals surface area contributed by atoms with Crippen molar-refractivity contribution in [3.05, 3.63) is 46.4 Å². The summed E-state index contributed by atoms with van der Waals surface area (Å²) in [4.78, 5) is 32.0. The van der Waals surface area contributed by atoms with Crippen molar-refractivity contribution in [2.24, 2.45) is 24.6 Å². The summed E-state index contributed by atoms with van der Waals surface area (Å²) in [5.41, 5.74) is 9.56. The van der Waals surface area contributed by atoms with E-state index in [9.17, 15) is 9.59 Å². The topological polar surface area (TPSA) is 105 Å². The Kier molecular flexibility index (Phi) is 5.66. The predicted molar refractivity (Wildman–Crippen MR) is 151 cm³/mol. The van der Waals surface area contributed by atoms with Crippen molar-refractivity contribution in [2.75, 3.05) is 13.7 Å². The van der Waals surface area contributed by atoms with Gasteiger partial charge in [0.2, 0.25) is 0 Å². The zero-order valence-electron chi connectivity index (χ0n) is 21.9. The number of carbonyl (C=O) groups excluding carboxylic acids is 2. The number of likely N-dealkylation sites (tertiary alicyclic amines) is 1. The second kappa shape index (κ2) is 9.01. The fourth-order valence-electron chi connectivity index (χ4n) is 6.68. The highest BCUT2D eigenvalue weighted by molar-refractivity contribution is 9.10. The van der Waals surface area contributed by atoms with Crippen LogP contribution in [0.25, 0.3) is 33.5 Å². The minimum Gasteiger partial charge on any atom is -0.494 e. The Morgan fingerprint density at radius 2 is 1.95 bits per heavy atom. The van der Waals surface area contributed by atoms with Gasteiger partial charge in [-0.05, 0) is 71.8 Å². The fourth-order valence-corrected chi connectivity index (χ4v) is 7.28. The molecule has 1 saturated heterocycles. The number of para-hydroxylation sites is 1.